The fraction of sp³-hybridized carbons (Fsp3) is 0.154. The Bertz CT molecular complexity index is 1270. The zero-order valence-electron chi connectivity index (χ0n) is 19.3. The van der Waals surface area contributed by atoms with Crippen molar-refractivity contribution in [1.82, 2.24) is 10.7 Å². The summed E-state index contributed by atoms with van der Waals surface area (Å²) in [4.78, 5) is 24.4. The van der Waals surface area contributed by atoms with E-state index in [9.17, 15) is 14.9 Å². The number of rotatable bonds is 10. The van der Waals surface area contributed by atoms with Crippen LogP contribution in [0.5, 0.6) is 17.2 Å². The zero-order chi connectivity index (χ0) is 25.0. The van der Waals surface area contributed by atoms with Crippen LogP contribution in [0, 0.1) is 11.3 Å². The number of ether oxygens (including phenoxy) is 3. The summed E-state index contributed by atoms with van der Waals surface area (Å²) in [6, 6.07) is 21.2. The monoisotopic (exact) mass is 472 g/mol. The molecule has 0 spiro atoms. The molecule has 0 bridgehead atoms. The van der Waals surface area contributed by atoms with Gasteiger partial charge in [0, 0.05) is 16.7 Å². The van der Waals surface area contributed by atoms with Gasteiger partial charge in [-0.15, -0.1) is 0 Å². The summed E-state index contributed by atoms with van der Waals surface area (Å²) in [5.74, 6) is 0.499. The maximum Gasteiger partial charge on any atom is 0.259 e. The van der Waals surface area contributed by atoms with Crippen LogP contribution >= 0.6 is 0 Å². The summed E-state index contributed by atoms with van der Waals surface area (Å²) < 4.78 is 16.2. The van der Waals surface area contributed by atoms with E-state index in [-0.39, 0.29) is 13.2 Å². The van der Waals surface area contributed by atoms with Gasteiger partial charge in [-0.3, -0.25) is 9.59 Å². The van der Waals surface area contributed by atoms with Gasteiger partial charge >= 0.3 is 0 Å². The Labute approximate surface area is 202 Å². The molecule has 0 unspecified atom stereocenters. The van der Waals surface area contributed by atoms with Crippen LogP contribution in [0.1, 0.15) is 27.0 Å². The van der Waals surface area contributed by atoms with E-state index < -0.39 is 11.8 Å². The Hall–Kier alpha value is -4.84. The fourth-order valence-electron chi connectivity index (χ4n) is 3.08. The van der Waals surface area contributed by atoms with Crippen LogP contribution in [0.25, 0.3) is 0 Å². The van der Waals surface area contributed by atoms with Crippen molar-refractivity contribution >= 4 is 18.0 Å². The van der Waals surface area contributed by atoms with Gasteiger partial charge in [0.2, 0.25) is 0 Å². The lowest BCUT2D eigenvalue weighted by atomic mass is 10.1. The van der Waals surface area contributed by atoms with E-state index >= 15 is 0 Å². The van der Waals surface area contributed by atoms with E-state index in [2.05, 4.69) is 21.9 Å². The summed E-state index contributed by atoms with van der Waals surface area (Å²) in [5.41, 5.74) is 4.64. The number of nitrogens with one attached hydrogen (secondary N) is 2. The zero-order valence-corrected chi connectivity index (χ0v) is 19.3. The number of para-hydroxylation sites is 1. The molecule has 0 atom stereocenters. The molecule has 0 saturated carbocycles. The highest BCUT2D eigenvalue weighted by molar-refractivity contribution is 5.97. The Morgan fingerprint density at radius 1 is 0.971 bits per heavy atom. The number of nitriles is 1. The lowest BCUT2D eigenvalue weighted by molar-refractivity contribution is -0.120. The van der Waals surface area contributed by atoms with Crippen molar-refractivity contribution in [3.63, 3.8) is 0 Å². The van der Waals surface area contributed by atoms with Gasteiger partial charge in [-0.1, -0.05) is 30.3 Å². The second-order valence-electron chi connectivity index (χ2n) is 7.14. The molecule has 0 heterocycles. The molecule has 9 heteroatoms. The molecule has 35 heavy (non-hydrogen) atoms. The van der Waals surface area contributed by atoms with Gasteiger partial charge in [0.15, 0.2) is 11.5 Å². The van der Waals surface area contributed by atoms with Crippen molar-refractivity contribution in [2.45, 2.75) is 6.61 Å². The Morgan fingerprint density at radius 3 is 2.49 bits per heavy atom. The first kappa shape index (κ1) is 24.8. The molecular weight excluding hydrogens is 448 g/mol. The van der Waals surface area contributed by atoms with E-state index in [0.29, 0.717) is 33.9 Å². The van der Waals surface area contributed by atoms with Crippen molar-refractivity contribution in [3.8, 4) is 23.3 Å². The van der Waals surface area contributed by atoms with Gasteiger partial charge in [-0.25, -0.2) is 5.43 Å². The van der Waals surface area contributed by atoms with Gasteiger partial charge in [-0.2, -0.15) is 10.4 Å². The molecule has 0 radical (unpaired) electrons. The number of benzene rings is 3. The Morgan fingerprint density at radius 2 is 1.71 bits per heavy atom. The largest absolute Gasteiger partial charge is 0.493 e. The molecule has 0 aromatic heterocycles. The van der Waals surface area contributed by atoms with Gasteiger partial charge in [-0.05, 0) is 36.4 Å². The van der Waals surface area contributed by atoms with Crippen molar-refractivity contribution < 1.29 is 23.8 Å². The van der Waals surface area contributed by atoms with Gasteiger partial charge in [0.1, 0.15) is 12.4 Å². The Kier molecular flexibility index (Phi) is 8.79. The molecule has 3 rings (SSSR count). The van der Waals surface area contributed by atoms with Crippen LogP contribution in [0.3, 0.4) is 0 Å². The smallest absolute Gasteiger partial charge is 0.259 e. The maximum absolute atomic E-state index is 12.3. The SMILES string of the molecule is COc1ccc(C(=O)NCC(=O)N/N=C/c2ccccc2OCc2ccccc2C#N)cc1OC. The maximum atomic E-state index is 12.3. The molecule has 0 saturated heterocycles. The van der Waals surface area contributed by atoms with Crippen molar-refractivity contribution in [3.05, 3.63) is 89.0 Å². The normalized spacial score (nSPS) is 10.3. The number of nitrogens with zero attached hydrogens (tertiary/aromatic N) is 2. The molecular formula is C26H24N4O5. The van der Waals surface area contributed by atoms with Crippen molar-refractivity contribution in [2.75, 3.05) is 20.8 Å². The minimum Gasteiger partial charge on any atom is -0.493 e. The average molecular weight is 473 g/mol. The van der Waals surface area contributed by atoms with Crippen LogP contribution in [0.2, 0.25) is 0 Å². The van der Waals surface area contributed by atoms with E-state index in [1.54, 1.807) is 36.4 Å². The predicted octanol–water partition coefficient (Wildman–Crippen LogP) is 3.03. The molecule has 178 valence electrons. The first-order valence-electron chi connectivity index (χ1n) is 10.6. The van der Waals surface area contributed by atoms with Crippen molar-refractivity contribution in [1.29, 1.82) is 5.26 Å². The molecule has 0 aliphatic rings. The number of hydrogen-bond donors (Lipinski definition) is 2. The van der Waals surface area contributed by atoms with Crippen LogP contribution in [0.15, 0.2) is 71.8 Å². The second-order valence-corrected chi connectivity index (χ2v) is 7.14. The first-order valence-corrected chi connectivity index (χ1v) is 10.6. The highest BCUT2D eigenvalue weighted by atomic mass is 16.5. The Balaban J connectivity index is 1.54. The van der Waals surface area contributed by atoms with Crippen LogP contribution in [0.4, 0.5) is 0 Å². The molecule has 2 N–H and O–H groups in total. The molecule has 3 aromatic rings. The summed E-state index contributed by atoms with van der Waals surface area (Å²) in [6.07, 6.45) is 1.44. The summed E-state index contributed by atoms with van der Waals surface area (Å²) in [7, 11) is 2.97. The van der Waals surface area contributed by atoms with Gasteiger partial charge in [0.25, 0.3) is 11.8 Å². The number of methoxy groups -OCH3 is 2. The summed E-state index contributed by atoms with van der Waals surface area (Å²) >= 11 is 0. The topological polar surface area (TPSA) is 122 Å². The van der Waals surface area contributed by atoms with E-state index in [0.717, 1.165) is 5.56 Å². The molecule has 0 aliphatic carbocycles. The van der Waals surface area contributed by atoms with E-state index in [1.807, 2.05) is 24.3 Å². The molecule has 0 fully saturated rings. The van der Waals surface area contributed by atoms with Crippen molar-refractivity contribution in [2.24, 2.45) is 5.10 Å². The number of amides is 2. The molecule has 3 aromatic carbocycles. The first-order chi connectivity index (χ1) is 17.0. The predicted molar refractivity (Wildman–Crippen MR) is 130 cm³/mol. The third-order valence-electron chi connectivity index (χ3n) is 4.89. The van der Waals surface area contributed by atoms with Crippen LogP contribution in [-0.2, 0) is 11.4 Å². The number of carbonyl (C=O) groups is 2. The second kappa shape index (κ2) is 12.4. The number of carbonyl (C=O) groups excluding carboxylic acids is 2. The minimum atomic E-state index is -0.503. The lowest BCUT2D eigenvalue weighted by Gasteiger charge is -2.10. The summed E-state index contributed by atoms with van der Waals surface area (Å²) in [5, 5.41) is 15.7. The standard InChI is InChI=1S/C26H24N4O5/c1-33-23-12-11-18(13-24(23)34-2)26(32)28-16-25(31)30-29-15-20-8-5-6-10-22(20)35-17-21-9-4-3-7-19(21)14-27/h3-13,15H,16-17H2,1-2H3,(H,28,32)(H,30,31)/b29-15+. The number of hydrogen-bond acceptors (Lipinski definition) is 7. The third-order valence-corrected chi connectivity index (χ3v) is 4.89. The molecule has 2 amide bonds. The van der Waals surface area contributed by atoms with Crippen LogP contribution in [-0.4, -0.2) is 38.8 Å². The highest BCUT2D eigenvalue weighted by Crippen LogP contribution is 2.27. The quantitative estimate of drug-likeness (QED) is 0.346. The van der Waals surface area contributed by atoms with E-state index in [1.165, 1.54) is 26.5 Å². The average Bonchev–Trinajstić information content (AvgIpc) is 2.90. The molecule has 9 nitrogen and oxygen atoms in total. The highest BCUT2D eigenvalue weighted by Gasteiger charge is 2.12. The van der Waals surface area contributed by atoms with Gasteiger partial charge in [0.05, 0.1) is 38.6 Å². The minimum absolute atomic E-state index is 0.211. The van der Waals surface area contributed by atoms with Gasteiger partial charge < -0.3 is 19.5 Å². The lowest BCUT2D eigenvalue weighted by Crippen LogP contribution is -2.34. The molecule has 0 aliphatic heterocycles. The number of hydrazone groups is 1. The fourth-order valence-corrected chi connectivity index (χ4v) is 3.08. The van der Waals surface area contributed by atoms with Crippen LogP contribution < -0.4 is 25.0 Å². The summed E-state index contributed by atoms with van der Waals surface area (Å²) in [6.45, 7) is -0.0588. The third kappa shape index (κ3) is 6.82. The van der Waals surface area contributed by atoms with E-state index in [4.69, 9.17) is 14.2 Å².